The number of hydrogen-bond donors (Lipinski definition) is 2. The highest BCUT2D eigenvalue weighted by molar-refractivity contribution is 5.82. The zero-order chi connectivity index (χ0) is 23.7. The van der Waals surface area contributed by atoms with E-state index in [9.17, 15) is 9.59 Å². The third kappa shape index (κ3) is 4.24. The second-order valence-electron chi connectivity index (χ2n) is 8.73. The van der Waals surface area contributed by atoms with Crippen LogP contribution in [0.1, 0.15) is 5.56 Å². The monoisotopic (exact) mass is 459 g/mol. The van der Waals surface area contributed by atoms with Crippen LogP contribution in [0.2, 0.25) is 0 Å². The lowest BCUT2D eigenvalue weighted by molar-refractivity contribution is 0.245. The highest BCUT2D eigenvalue weighted by atomic mass is 16.5. The maximum absolute atomic E-state index is 13.1. The van der Waals surface area contributed by atoms with Gasteiger partial charge in [-0.3, -0.25) is 19.2 Å². The van der Waals surface area contributed by atoms with Gasteiger partial charge in [-0.1, -0.05) is 42.0 Å². The molecule has 8 nitrogen and oxygen atoms in total. The summed E-state index contributed by atoms with van der Waals surface area (Å²) in [5.41, 5.74) is 3.86. The number of aromatic amines is 2. The predicted octanol–water partition coefficient (Wildman–Crippen LogP) is 2.82. The normalized spacial score (nSPS) is 14.6. The van der Waals surface area contributed by atoms with Crippen LogP contribution in [0.4, 0.5) is 5.69 Å². The van der Waals surface area contributed by atoms with Crippen LogP contribution in [-0.2, 0) is 6.54 Å². The Morgan fingerprint density at radius 2 is 1.65 bits per heavy atom. The van der Waals surface area contributed by atoms with Gasteiger partial charge in [-0.2, -0.15) is 0 Å². The van der Waals surface area contributed by atoms with Crippen molar-refractivity contribution in [2.24, 2.45) is 0 Å². The van der Waals surface area contributed by atoms with Gasteiger partial charge < -0.3 is 14.6 Å². The number of fused-ring (bicyclic) bond motifs is 1. The summed E-state index contributed by atoms with van der Waals surface area (Å²) in [5.74, 6) is 0.874. The maximum atomic E-state index is 13.1. The van der Waals surface area contributed by atoms with Crippen molar-refractivity contribution >= 4 is 16.7 Å². The van der Waals surface area contributed by atoms with E-state index in [0.717, 1.165) is 48.9 Å². The van der Waals surface area contributed by atoms with Gasteiger partial charge in [0, 0.05) is 45.0 Å². The second kappa shape index (κ2) is 9.23. The first kappa shape index (κ1) is 22.0. The number of ether oxygens (including phenoxy) is 1. The zero-order valence-corrected chi connectivity index (χ0v) is 19.5. The molecule has 0 amide bonds. The molecule has 0 unspecified atom stereocenters. The molecule has 1 aliphatic heterocycles. The van der Waals surface area contributed by atoms with E-state index in [1.807, 2.05) is 55.5 Å². The van der Waals surface area contributed by atoms with Crippen LogP contribution in [0.3, 0.4) is 0 Å². The van der Waals surface area contributed by atoms with Crippen molar-refractivity contribution in [2.75, 3.05) is 44.7 Å². The smallest absolute Gasteiger partial charge is 0.329 e. The lowest BCUT2D eigenvalue weighted by atomic mass is 10.1. The van der Waals surface area contributed by atoms with Gasteiger partial charge in [-0.05, 0) is 30.7 Å². The fourth-order valence-corrected chi connectivity index (χ4v) is 4.57. The third-order valence-electron chi connectivity index (χ3n) is 6.57. The standard InChI is InChI=1S/C26H29N5O3/c1-18-7-9-19(10-8-18)21-17-20-24(27-21)28-26(33)31(25(20)32)16-13-29-11-14-30(15-12-29)22-5-3-4-6-23(22)34-2/h3-10,17,27H,11-16H2,1-2H3,(H,28,33). The molecule has 1 saturated heterocycles. The van der Waals surface area contributed by atoms with Crippen LogP contribution in [0.5, 0.6) is 5.75 Å². The molecule has 0 spiro atoms. The first-order chi connectivity index (χ1) is 16.5. The molecule has 4 aromatic rings. The Balaban J connectivity index is 1.28. The Kier molecular flexibility index (Phi) is 5.98. The molecule has 2 aromatic heterocycles. The van der Waals surface area contributed by atoms with Crippen molar-refractivity contribution in [3.05, 3.63) is 81.0 Å². The minimum atomic E-state index is -0.387. The second-order valence-corrected chi connectivity index (χ2v) is 8.73. The van der Waals surface area contributed by atoms with E-state index in [1.165, 1.54) is 10.1 Å². The third-order valence-corrected chi connectivity index (χ3v) is 6.57. The molecule has 1 fully saturated rings. The number of H-pyrrole nitrogens is 2. The van der Waals surface area contributed by atoms with Crippen LogP contribution < -0.4 is 20.9 Å². The van der Waals surface area contributed by atoms with E-state index in [1.54, 1.807) is 7.11 Å². The van der Waals surface area contributed by atoms with Gasteiger partial charge >= 0.3 is 5.69 Å². The molecule has 176 valence electrons. The first-order valence-electron chi connectivity index (χ1n) is 11.6. The van der Waals surface area contributed by atoms with E-state index in [0.29, 0.717) is 24.1 Å². The molecule has 0 atom stereocenters. The van der Waals surface area contributed by atoms with Gasteiger partial charge in [0.05, 0.1) is 18.2 Å². The number of anilines is 1. The number of aromatic nitrogens is 3. The number of aryl methyl sites for hydroxylation is 1. The minimum Gasteiger partial charge on any atom is -0.495 e. The number of nitrogens with zero attached hydrogens (tertiary/aromatic N) is 3. The van der Waals surface area contributed by atoms with Crippen molar-refractivity contribution in [2.45, 2.75) is 13.5 Å². The van der Waals surface area contributed by atoms with Crippen molar-refractivity contribution in [1.82, 2.24) is 19.4 Å². The first-order valence-corrected chi connectivity index (χ1v) is 11.6. The summed E-state index contributed by atoms with van der Waals surface area (Å²) in [6.45, 7) is 6.46. The Hall–Kier alpha value is -3.78. The fraction of sp³-hybridized carbons (Fsp3) is 0.308. The molecular formula is C26H29N5O3. The molecular weight excluding hydrogens is 430 g/mol. The quantitative estimate of drug-likeness (QED) is 0.463. The van der Waals surface area contributed by atoms with Crippen LogP contribution >= 0.6 is 0 Å². The summed E-state index contributed by atoms with van der Waals surface area (Å²) in [6, 6.07) is 17.9. The van der Waals surface area contributed by atoms with Gasteiger partial charge in [0.2, 0.25) is 0 Å². The van der Waals surface area contributed by atoms with Crippen molar-refractivity contribution in [3.8, 4) is 17.0 Å². The van der Waals surface area contributed by atoms with Crippen molar-refractivity contribution in [1.29, 1.82) is 0 Å². The summed E-state index contributed by atoms with van der Waals surface area (Å²) >= 11 is 0. The van der Waals surface area contributed by atoms with E-state index < -0.39 is 0 Å². The molecule has 5 rings (SSSR count). The van der Waals surface area contributed by atoms with Gasteiger partial charge in [0.25, 0.3) is 5.56 Å². The summed E-state index contributed by atoms with van der Waals surface area (Å²) in [5, 5.41) is 0.496. The number of methoxy groups -OCH3 is 1. The predicted molar refractivity (Wildman–Crippen MR) is 135 cm³/mol. The lowest BCUT2D eigenvalue weighted by Gasteiger charge is -2.36. The number of piperazine rings is 1. The zero-order valence-electron chi connectivity index (χ0n) is 19.5. The molecule has 8 heteroatoms. The topological polar surface area (TPSA) is 86.4 Å². The molecule has 0 saturated carbocycles. The average Bonchev–Trinajstić information content (AvgIpc) is 3.29. The molecule has 0 radical (unpaired) electrons. The van der Waals surface area contributed by atoms with E-state index >= 15 is 0 Å². The van der Waals surface area contributed by atoms with Gasteiger partial charge in [0.1, 0.15) is 11.4 Å². The molecule has 0 bridgehead atoms. The van der Waals surface area contributed by atoms with Crippen LogP contribution in [-0.4, -0.2) is 59.3 Å². The number of nitrogens with one attached hydrogen (secondary N) is 2. The molecule has 34 heavy (non-hydrogen) atoms. The summed E-state index contributed by atoms with van der Waals surface area (Å²) in [4.78, 5) is 36.4. The lowest BCUT2D eigenvalue weighted by Crippen LogP contribution is -2.48. The highest BCUT2D eigenvalue weighted by Gasteiger charge is 2.20. The largest absolute Gasteiger partial charge is 0.495 e. The molecule has 3 heterocycles. The SMILES string of the molecule is COc1ccccc1N1CCN(CCn2c(=O)[nH]c3[nH]c(-c4ccc(C)cc4)cc3c2=O)CC1. The number of rotatable bonds is 6. The fourth-order valence-electron chi connectivity index (χ4n) is 4.57. The Morgan fingerprint density at radius 1 is 0.912 bits per heavy atom. The van der Waals surface area contributed by atoms with Gasteiger partial charge in [-0.25, -0.2) is 4.79 Å². The van der Waals surface area contributed by atoms with E-state index in [2.05, 4.69) is 25.8 Å². The summed E-state index contributed by atoms with van der Waals surface area (Å²) < 4.78 is 6.80. The summed E-state index contributed by atoms with van der Waals surface area (Å²) in [6.07, 6.45) is 0. The van der Waals surface area contributed by atoms with E-state index in [4.69, 9.17) is 4.74 Å². The molecule has 2 aromatic carbocycles. The highest BCUT2D eigenvalue weighted by Crippen LogP contribution is 2.28. The number of benzene rings is 2. The number of hydrogen-bond acceptors (Lipinski definition) is 5. The minimum absolute atomic E-state index is 0.263. The Bertz CT molecular complexity index is 1410. The van der Waals surface area contributed by atoms with Gasteiger partial charge in [0.15, 0.2) is 0 Å². The van der Waals surface area contributed by atoms with Crippen molar-refractivity contribution < 1.29 is 4.74 Å². The summed E-state index contributed by atoms with van der Waals surface area (Å²) in [7, 11) is 1.69. The van der Waals surface area contributed by atoms with Crippen LogP contribution in [0.15, 0.2) is 64.2 Å². The van der Waals surface area contributed by atoms with Crippen LogP contribution in [0.25, 0.3) is 22.3 Å². The Labute approximate surface area is 197 Å². The van der Waals surface area contributed by atoms with Crippen molar-refractivity contribution in [3.63, 3.8) is 0 Å². The van der Waals surface area contributed by atoms with E-state index in [-0.39, 0.29) is 11.2 Å². The molecule has 0 aliphatic carbocycles. The van der Waals surface area contributed by atoms with Gasteiger partial charge in [-0.15, -0.1) is 0 Å². The number of para-hydroxylation sites is 2. The van der Waals surface area contributed by atoms with Crippen LogP contribution in [0, 0.1) is 6.92 Å². The average molecular weight is 460 g/mol. The molecule has 1 aliphatic rings. The Morgan fingerprint density at radius 3 is 2.38 bits per heavy atom. The maximum Gasteiger partial charge on any atom is 0.329 e. The molecule has 2 N–H and O–H groups in total.